The van der Waals surface area contributed by atoms with Gasteiger partial charge in [-0.25, -0.2) is 8.42 Å². The van der Waals surface area contributed by atoms with Gasteiger partial charge in [-0.15, -0.1) is 0 Å². The van der Waals surface area contributed by atoms with Gasteiger partial charge in [0.25, 0.3) is 5.91 Å². The standard InChI is InChI=1S/C23H21ClN2O5S/c1-32(29,30)19-9-5-8-17(12-19)23(28)26-21-11-10-18(13-20(21)24)25-22(27)15-31-14-16-6-3-2-4-7-16/h2-13H,14-15H2,1H3,(H,25,27)(H,26,28). The summed E-state index contributed by atoms with van der Waals surface area (Å²) in [6, 6.07) is 19.8. The Morgan fingerprint density at radius 1 is 0.938 bits per heavy atom. The van der Waals surface area contributed by atoms with E-state index in [1.54, 1.807) is 12.1 Å². The summed E-state index contributed by atoms with van der Waals surface area (Å²) in [4.78, 5) is 24.6. The maximum absolute atomic E-state index is 12.5. The van der Waals surface area contributed by atoms with Crippen molar-refractivity contribution in [2.45, 2.75) is 11.5 Å². The van der Waals surface area contributed by atoms with E-state index < -0.39 is 15.7 Å². The van der Waals surface area contributed by atoms with E-state index in [0.717, 1.165) is 11.8 Å². The van der Waals surface area contributed by atoms with Crippen LogP contribution in [0, 0.1) is 0 Å². The highest BCUT2D eigenvalue weighted by molar-refractivity contribution is 7.90. The van der Waals surface area contributed by atoms with Gasteiger partial charge >= 0.3 is 0 Å². The molecule has 2 N–H and O–H groups in total. The van der Waals surface area contributed by atoms with E-state index in [0.29, 0.717) is 18.0 Å². The van der Waals surface area contributed by atoms with Gasteiger partial charge in [0, 0.05) is 17.5 Å². The number of nitrogens with one attached hydrogen (secondary N) is 2. The van der Waals surface area contributed by atoms with Crippen molar-refractivity contribution in [1.82, 2.24) is 0 Å². The fraction of sp³-hybridized carbons (Fsp3) is 0.130. The highest BCUT2D eigenvalue weighted by Gasteiger charge is 2.13. The summed E-state index contributed by atoms with van der Waals surface area (Å²) in [6.45, 7) is 0.197. The summed E-state index contributed by atoms with van der Waals surface area (Å²) >= 11 is 6.24. The first-order chi connectivity index (χ1) is 15.2. The molecular weight excluding hydrogens is 452 g/mol. The van der Waals surface area contributed by atoms with Crippen molar-refractivity contribution in [3.05, 3.63) is 88.9 Å². The molecule has 0 radical (unpaired) electrons. The van der Waals surface area contributed by atoms with Crippen molar-refractivity contribution in [3.63, 3.8) is 0 Å². The Hall–Kier alpha value is -3.20. The molecule has 3 aromatic rings. The number of sulfone groups is 1. The van der Waals surface area contributed by atoms with Gasteiger partial charge in [-0.3, -0.25) is 9.59 Å². The van der Waals surface area contributed by atoms with E-state index in [1.807, 2.05) is 30.3 Å². The summed E-state index contributed by atoms with van der Waals surface area (Å²) in [5.41, 5.74) is 1.91. The maximum atomic E-state index is 12.5. The van der Waals surface area contributed by atoms with Crippen molar-refractivity contribution in [3.8, 4) is 0 Å². The Bertz CT molecular complexity index is 1230. The molecule has 7 nitrogen and oxygen atoms in total. The molecular formula is C23H21ClN2O5S. The van der Waals surface area contributed by atoms with Gasteiger partial charge in [-0.05, 0) is 42.0 Å². The molecule has 0 aliphatic rings. The molecule has 0 unspecified atom stereocenters. The first-order valence-corrected chi connectivity index (χ1v) is 11.8. The lowest BCUT2D eigenvalue weighted by Gasteiger charge is -2.11. The summed E-state index contributed by atoms with van der Waals surface area (Å²) in [7, 11) is -3.44. The zero-order chi connectivity index (χ0) is 23.1. The third-order valence-corrected chi connectivity index (χ3v) is 5.79. The van der Waals surface area contributed by atoms with Gasteiger partial charge in [0.1, 0.15) is 6.61 Å². The Kier molecular flexibility index (Phi) is 7.63. The van der Waals surface area contributed by atoms with E-state index >= 15 is 0 Å². The molecule has 0 fully saturated rings. The molecule has 9 heteroatoms. The van der Waals surface area contributed by atoms with Crippen LogP contribution in [-0.2, 0) is 26.0 Å². The third kappa shape index (κ3) is 6.65. The van der Waals surface area contributed by atoms with Crippen LogP contribution in [-0.4, -0.2) is 33.1 Å². The SMILES string of the molecule is CS(=O)(=O)c1cccc(C(=O)Nc2ccc(NC(=O)COCc3ccccc3)cc2Cl)c1. The molecule has 3 rings (SSSR count). The van der Waals surface area contributed by atoms with Crippen LogP contribution in [0.5, 0.6) is 0 Å². The topological polar surface area (TPSA) is 102 Å². The van der Waals surface area contributed by atoms with Gasteiger partial charge in [0.05, 0.1) is 22.2 Å². The van der Waals surface area contributed by atoms with Gasteiger partial charge in [-0.1, -0.05) is 48.0 Å². The second kappa shape index (κ2) is 10.4. The van der Waals surface area contributed by atoms with E-state index in [2.05, 4.69) is 10.6 Å². The van der Waals surface area contributed by atoms with Gasteiger partial charge in [0.2, 0.25) is 5.91 Å². The number of anilines is 2. The molecule has 32 heavy (non-hydrogen) atoms. The number of benzene rings is 3. The van der Waals surface area contributed by atoms with Crippen LogP contribution < -0.4 is 10.6 Å². The number of hydrogen-bond donors (Lipinski definition) is 2. The lowest BCUT2D eigenvalue weighted by Crippen LogP contribution is -2.18. The molecule has 0 spiro atoms. The van der Waals surface area contributed by atoms with Gasteiger partial charge < -0.3 is 15.4 Å². The van der Waals surface area contributed by atoms with Gasteiger partial charge in [0.15, 0.2) is 9.84 Å². The van der Waals surface area contributed by atoms with Crippen LogP contribution in [0.4, 0.5) is 11.4 Å². The second-order valence-electron chi connectivity index (χ2n) is 6.98. The molecule has 0 heterocycles. The van der Waals surface area contributed by atoms with E-state index in [1.165, 1.54) is 30.3 Å². The average molecular weight is 473 g/mol. The van der Waals surface area contributed by atoms with Crippen molar-refractivity contribution in [2.24, 2.45) is 0 Å². The minimum atomic E-state index is -3.44. The second-order valence-corrected chi connectivity index (χ2v) is 9.40. The fourth-order valence-corrected chi connectivity index (χ4v) is 3.68. The first-order valence-electron chi connectivity index (χ1n) is 9.55. The summed E-state index contributed by atoms with van der Waals surface area (Å²) in [5.74, 6) is -0.852. The largest absolute Gasteiger partial charge is 0.367 e. The molecule has 0 aromatic heterocycles. The third-order valence-electron chi connectivity index (χ3n) is 4.37. The van der Waals surface area contributed by atoms with E-state index in [4.69, 9.17) is 16.3 Å². The molecule has 0 aliphatic heterocycles. The number of ether oxygens (including phenoxy) is 1. The molecule has 0 saturated carbocycles. The van der Waals surface area contributed by atoms with Crippen molar-refractivity contribution in [2.75, 3.05) is 23.5 Å². The summed E-state index contributed by atoms with van der Waals surface area (Å²) < 4.78 is 28.8. The van der Waals surface area contributed by atoms with Crippen LogP contribution in [0.3, 0.4) is 0 Å². The Morgan fingerprint density at radius 2 is 1.69 bits per heavy atom. The van der Waals surface area contributed by atoms with E-state index in [-0.39, 0.29) is 28.0 Å². The van der Waals surface area contributed by atoms with E-state index in [9.17, 15) is 18.0 Å². The van der Waals surface area contributed by atoms with Crippen LogP contribution in [0.15, 0.2) is 77.7 Å². The molecule has 3 aromatic carbocycles. The van der Waals surface area contributed by atoms with Crippen LogP contribution in [0.25, 0.3) is 0 Å². The maximum Gasteiger partial charge on any atom is 0.255 e. The number of carbonyl (C=O) groups is 2. The summed E-state index contributed by atoms with van der Waals surface area (Å²) in [5, 5.41) is 5.52. The average Bonchev–Trinajstić information content (AvgIpc) is 2.76. The molecule has 0 bridgehead atoms. The smallest absolute Gasteiger partial charge is 0.255 e. The normalized spacial score (nSPS) is 11.1. The van der Waals surface area contributed by atoms with Crippen LogP contribution in [0.2, 0.25) is 5.02 Å². The lowest BCUT2D eigenvalue weighted by atomic mass is 10.2. The highest BCUT2D eigenvalue weighted by Crippen LogP contribution is 2.26. The quantitative estimate of drug-likeness (QED) is 0.512. The molecule has 166 valence electrons. The first kappa shape index (κ1) is 23.5. The van der Waals surface area contributed by atoms with Gasteiger partial charge in [-0.2, -0.15) is 0 Å². The predicted molar refractivity (Wildman–Crippen MR) is 124 cm³/mol. The summed E-state index contributed by atoms with van der Waals surface area (Å²) in [6.07, 6.45) is 1.07. The number of halogens is 1. The monoisotopic (exact) mass is 472 g/mol. The van der Waals surface area contributed by atoms with Crippen molar-refractivity contribution < 1.29 is 22.7 Å². The highest BCUT2D eigenvalue weighted by atomic mass is 35.5. The Labute approximate surface area is 191 Å². The Morgan fingerprint density at radius 3 is 2.38 bits per heavy atom. The molecule has 0 atom stereocenters. The lowest BCUT2D eigenvalue weighted by molar-refractivity contribution is -0.121. The molecule has 2 amide bonds. The Balaban J connectivity index is 1.57. The minimum absolute atomic E-state index is 0.0452. The van der Waals surface area contributed by atoms with Crippen molar-refractivity contribution in [1.29, 1.82) is 0 Å². The number of hydrogen-bond acceptors (Lipinski definition) is 5. The zero-order valence-corrected chi connectivity index (χ0v) is 18.7. The number of carbonyl (C=O) groups excluding carboxylic acids is 2. The molecule has 0 saturated heterocycles. The molecule has 0 aliphatic carbocycles. The van der Waals surface area contributed by atoms with Crippen LogP contribution >= 0.6 is 11.6 Å². The number of rotatable bonds is 8. The fourth-order valence-electron chi connectivity index (χ4n) is 2.79. The number of amides is 2. The van der Waals surface area contributed by atoms with Crippen molar-refractivity contribution >= 4 is 44.6 Å². The van der Waals surface area contributed by atoms with Crippen LogP contribution in [0.1, 0.15) is 15.9 Å². The zero-order valence-electron chi connectivity index (χ0n) is 17.2. The predicted octanol–water partition coefficient (Wildman–Crippen LogP) is 4.15. The minimum Gasteiger partial charge on any atom is -0.367 e.